The van der Waals surface area contributed by atoms with Crippen LogP contribution in [-0.4, -0.2) is 16.6 Å². The molecule has 0 aliphatic carbocycles. The average molecular weight is 269 g/mol. The molecule has 4 heteroatoms. The molecular formula is C16H19N3O. The number of H-pyrrole nitrogens is 1. The lowest BCUT2D eigenvalue weighted by molar-refractivity contribution is 0.309. The second-order valence-electron chi connectivity index (χ2n) is 4.72. The molecule has 1 aromatic carbocycles. The van der Waals surface area contributed by atoms with Crippen molar-refractivity contribution in [1.82, 2.24) is 9.97 Å². The van der Waals surface area contributed by atoms with Crippen molar-refractivity contribution in [1.29, 1.82) is 5.26 Å². The summed E-state index contributed by atoms with van der Waals surface area (Å²) in [5.74, 6) is 1.68. The van der Waals surface area contributed by atoms with E-state index in [9.17, 15) is 0 Å². The van der Waals surface area contributed by atoms with Crippen molar-refractivity contribution in [3.8, 4) is 23.2 Å². The number of benzene rings is 1. The number of rotatable bonds is 6. The molecule has 2 rings (SSSR count). The minimum absolute atomic E-state index is 0.334. The van der Waals surface area contributed by atoms with Crippen LogP contribution in [0.25, 0.3) is 11.4 Å². The van der Waals surface area contributed by atoms with Gasteiger partial charge >= 0.3 is 0 Å². The molecule has 0 saturated heterocycles. The molecule has 1 heterocycles. The largest absolute Gasteiger partial charge is 0.494 e. The lowest BCUT2D eigenvalue weighted by Crippen LogP contribution is -1.96. The monoisotopic (exact) mass is 269 g/mol. The first kappa shape index (κ1) is 14.1. The normalized spacial score (nSPS) is 10.2. The highest BCUT2D eigenvalue weighted by molar-refractivity contribution is 5.57. The number of aryl methyl sites for hydroxylation is 1. The van der Waals surface area contributed by atoms with E-state index in [0.29, 0.717) is 6.42 Å². The fourth-order valence-electron chi connectivity index (χ4n) is 1.92. The van der Waals surface area contributed by atoms with Crippen molar-refractivity contribution in [2.75, 3.05) is 6.61 Å². The SMILES string of the molecule is CCCCOc1ccc(-c2nc(CC#N)c(C)[nH]2)cc1. The van der Waals surface area contributed by atoms with Gasteiger partial charge in [0.2, 0.25) is 0 Å². The highest BCUT2D eigenvalue weighted by atomic mass is 16.5. The Hall–Kier alpha value is -2.28. The molecule has 0 atom stereocenters. The molecule has 0 saturated carbocycles. The molecule has 104 valence electrons. The Morgan fingerprint density at radius 2 is 2.05 bits per heavy atom. The first-order valence-electron chi connectivity index (χ1n) is 6.90. The Labute approximate surface area is 119 Å². The van der Waals surface area contributed by atoms with Crippen molar-refractivity contribution in [2.45, 2.75) is 33.1 Å². The van der Waals surface area contributed by atoms with E-state index in [0.717, 1.165) is 48.0 Å². The van der Waals surface area contributed by atoms with Crippen LogP contribution in [0.2, 0.25) is 0 Å². The molecule has 0 fully saturated rings. The molecule has 0 aliphatic heterocycles. The van der Waals surface area contributed by atoms with Gasteiger partial charge in [0.1, 0.15) is 11.6 Å². The molecule has 2 aromatic rings. The zero-order valence-corrected chi connectivity index (χ0v) is 11.9. The van der Waals surface area contributed by atoms with E-state index in [-0.39, 0.29) is 0 Å². The smallest absolute Gasteiger partial charge is 0.137 e. The van der Waals surface area contributed by atoms with E-state index in [1.807, 2.05) is 31.2 Å². The third-order valence-electron chi connectivity index (χ3n) is 3.13. The minimum Gasteiger partial charge on any atom is -0.494 e. The summed E-state index contributed by atoms with van der Waals surface area (Å²) in [5, 5.41) is 8.74. The predicted molar refractivity (Wildman–Crippen MR) is 78.5 cm³/mol. The van der Waals surface area contributed by atoms with Gasteiger partial charge in [0, 0.05) is 11.3 Å². The highest BCUT2D eigenvalue weighted by Crippen LogP contribution is 2.21. The van der Waals surface area contributed by atoms with Crippen LogP contribution in [0.5, 0.6) is 5.75 Å². The van der Waals surface area contributed by atoms with Gasteiger partial charge in [-0.3, -0.25) is 0 Å². The Morgan fingerprint density at radius 1 is 1.30 bits per heavy atom. The number of hydrogen-bond acceptors (Lipinski definition) is 3. The molecule has 0 spiro atoms. The number of nitrogens with one attached hydrogen (secondary N) is 1. The van der Waals surface area contributed by atoms with E-state index >= 15 is 0 Å². The maximum Gasteiger partial charge on any atom is 0.137 e. The van der Waals surface area contributed by atoms with Crippen molar-refractivity contribution in [3.63, 3.8) is 0 Å². The van der Waals surface area contributed by atoms with Crippen LogP contribution in [0, 0.1) is 18.3 Å². The second-order valence-corrected chi connectivity index (χ2v) is 4.72. The zero-order valence-electron chi connectivity index (χ0n) is 11.9. The molecule has 0 amide bonds. The maximum atomic E-state index is 8.74. The van der Waals surface area contributed by atoms with Crippen LogP contribution in [0.1, 0.15) is 31.2 Å². The molecule has 4 nitrogen and oxygen atoms in total. The summed E-state index contributed by atoms with van der Waals surface area (Å²) in [4.78, 5) is 7.67. The second kappa shape index (κ2) is 6.76. The van der Waals surface area contributed by atoms with Crippen molar-refractivity contribution < 1.29 is 4.74 Å². The van der Waals surface area contributed by atoms with Crippen LogP contribution in [0.3, 0.4) is 0 Å². The van der Waals surface area contributed by atoms with Crippen LogP contribution >= 0.6 is 0 Å². The van der Waals surface area contributed by atoms with E-state index in [1.165, 1.54) is 0 Å². The Kier molecular flexibility index (Phi) is 4.78. The fourth-order valence-corrected chi connectivity index (χ4v) is 1.92. The van der Waals surface area contributed by atoms with Crippen molar-refractivity contribution in [3.05, 3.63) is 35.7 Å². The summed E-state index contributed by atoms with van der Waals surface area (Å²) in [6.45, 7) is 4.83. The summed E-state index contributed by atoms with van der Waals surface area (Å²) >= 11 is 0. The first-order valence-corrected chi connectivity index (χ1v) is 6.90. The number of ether oxygens (including phenoxy) is 1. The quantitative estimate of drug-likeness (QED) is 0.814. The standard InChI is InChI=1S/C16H19N3O/c1-3-4-11-20-14-7-5-13(6-8-14)16-18-12(2)15(19-16)9-10-17/h5-8H,3-4,9,11H2,1-2H3,(H,18,19). The number of hydrogen-bond donors (Lipinski definition) is 1. The van der Waals surface area contributed by atoms with E-state index < -0.39 is 0 Å². The summed E-state index contributed by atoms with van der Waals surface area (Å²) in [5.41, 5.74) is 2.76. The molecule has 1 aromatic heterocycles. The van der Waals surface area contributed by atoms with Gasteiger partial charge in [0.15, 0.2) is 0 Å². The number of aromatic nitrogens is 2. The van der Waals surface area contributed by atoms with Gasteiger partial charge in [-0.25, -0.2) is 4.98 Å². The summed E-state index contributed by atoms with van der Waals surface area (Å²) in [6.07, 6.45) is 2.53. The molecule has 0 unspecified atom stereocenters. The third-order valence-corrected chi connectivity index (χ3v) is 3.13. The van der Waals surface area contributed by atoms with Crippen molar-refractivity contribution >= 4 is 0 Å². The molecule has 0 bridgehead atoms. The van der Waals surface area contributed by atoms with Gasteiger partial charge in [0.05, 0.1) is 24.8 Å². The van der Waals surface area contributed by atoms with Gasteiger partial charge in [0.25, 0.3) is 0 Å². The van der Waals surface area contributed by atoms with Crippen LogP contribution < -0.4 is 4.74 Å². The predicted octanol–water partition coefficient (Wildman–Crippen LogP) is 3.63. The molecule has 20 heavy (non-hydrogen) atoms. The van der Waals surface area contributed by atoms with Gasteiger partial charge < -0.3 is 9.72 Å². The van der Waals surface area contributed by atoms with Gasteiger partial charge in [-0.15, -0.1) is 0 Å². The molecule has 0 radical (unpaired) electrons. The first-order chi connectivity index (χ1) is 9.74. The fraction of sp³-hybridized carbons (Fsp3) is 0.375. The number of aromatic amines is 1. The third kappa shape index (κ3) is 3.39. The summed E-state index contributed by atoms with van der Waals surface area (Å²) in [6, 6.07) is 9.99. The lowest BCUT2D eigenvalue weighted by Gasteiger charge is -2.05. The number of nitriles is 1. The summed E-state index contributed by atoms with van der Waals surface area (Å²) in [7, 11) is 0. The lowest BCUT2D eigenvalue weighted by atomic mass is 10.2. The topological polar surface area (TPSA) is 61.7 Å². The van der Waals surface area contributed by atoms with Crippen LogP contribution in [-0.2, 0) is 6.42 Å². The molecule has 0 aliphatic rings. The highest BCUT2D eigenvalue weighted by Gasteiger charge is 2.08. The van der Waals surface area contributed by atoms with Crippen LogP contribution in [0.15, 0.2) is 24.3 Å². The summed E-state index contributed by atoms with van der Waals surface area (Å²) < 4.78 is 5.63. The average Bonchev–Trinajstić information content (AvgIpc) is 2.82. The zero-order chi connectivity index (χ0) is 14.4. The Balaban J connectivity index is 2.09. The van der Waals surface area contributed by atoms with E-state index in [2.05, 4.69) is 23.0 Å². The Morgan fingerprint density at radius 3 is 2.70 bits per heavy atom. The minimum atomic E-state index is 0.334. The van der Waals surface area contributed by atoms with E-state index in [4.69, 9.17) is 10.00 Å². The van der Waals surface area contributed by atoms with Gasteiger partial charge in [-0.1, -0.05) is 13.3 Å². The molecule has 1 N–H and O–H groups in total. The van der Waals surface area contributed by atoms with Crippen molar-refractivity contribution in [2.24, 2.45) is 0 Å². The van der Waals surface area contributed by atoms with E-state index in [1.54, 1.807) is 0 Å². The van der Waals surface area contributed by atoms with Crippen LogP contribution in [0.4, 0.5) is 0 Å². The number of unbranched alkanes of at least 4 members (excludes halogenated alkanes) is 1. The maximum absolute atomic E-state index is 8.74. The number of imidazole rings is 1. The Bertz CT molecular complexity index is 593. The number of nitrogens with zero attached hydrogens (tertiary/aromatic N) is 2. The van der Waals surface area contributed by atoms with Gasteiger partial charge in [-0.05, 0) is 37.6 Å². The molecular weight excluding hydrogens is 250 g/mol. The van der Waals surface area contributed by atoms with Gasteiger partial charge in [-0.2, -0.15) is 5.26 Å².